The summed E-state index contributed by atoms with van der Waals surface area (Å²) in [5.74, 6) is 1.75. The first-order valence-electron chi connectivity index (χ1n) is 4.48. The Kier molecular flexibility index (Phi) is 1.69. The van der Waals surface area contributed by atoms with Crippen molar-refractivity contribution in [3.05, 3.63) is 12.2 Å². The highest BCUT2D eigenvalue weighted by Crippen LogP contribution is 2.41. The standard InChI is InChI=1S/C10H13N/c11-7-9-5-1-3-8-4-2-6-10(8)9/h2,6,8-10H,1,3-5H2. The molecule has 1 fully saturated rings. The largest absolute Gasteiger partial charge is 0.198 e. The number of rotatable bonds is 0. The summed E-state index contributed by atoms with van der Waals surface area (Å²) in [6, 6.07) is 2.42. The van der Waals surface area contributed by atoms with E-state index in [2.05, 4.69) is 18.2 Å². The second kappa shape index (κ2) is 2.70. The minimum atomic E-state index is 0.326. The van der Waals surface area contributed by atoms with Gasteiger partial charge in [-0.1, -0.05) is 18.6 Å². The Morgan fingerprint density at radius 3 is 3.09 bits per heavy atom. The van der Waals surface area contributed by atoms with Crippen molar-refractivity contribution < 1.29 is 0 Å². The molecular formula is C10H13N. The maximum absolute atomic E-state index is 8.85. The Hall–Kier alpha value is -0.770. The maximum Gasteiger partial charge on any atom is 0.0662 e. The van der Waals surface area contributed by atoms with Gasteiger partial charge in [-0.15, -0.1) is 0 Å². The van der Waals surface area contributed by atoms with E-state index in [1.807, 2.05) is 0 Å². The van der Waals surface area contributed by atoms with Gasteiger partial charge in [-0.05, 0) is 31.1 Å². The molecule has 2 aliphatic rings. The average Bonchev–Trinajstić information content (AvgIpc) is 2.50. The van der Waals surface area contributed by atoms with Gasteiger partial charge in [0.2, 0.25) is 0 Å². The SMILES string of the molecule is N#CC1CCCC2CC=CC12. The van der Waals surface area contributed by atoms with Crippen molar-refractivity contribution in [2.45, 2.75) is 25.7 Å². The van der Waals surface area contributed by atoms with E-state index in [4.69, 9.17) is 5.26 Å². The van der Waals surface area contributed by atoms with Gasteiger partial charge in [0.25, 0.3) is 0 Å². The molecule has 0 spiro atoms. The molecule has 0 bridgehead atoms. The molecule has 1 heteroatoms. The first kappa shape index (κ1) is 6.91. The van der Waals surface area contributed by atoms with E-state index in [1.54, 1.807) is 0 Å². The fourth-order valence-electron chi connectivity index (χ4n) is 2.44. The van der Waals surface area contributed by atoms with E-state index < -0.39 is 0 Å². The highest BCUT2D eigenvalue weighted by atomic mass is 14.4. The van der Waals surface area contributed by atoms with Crippen LogP contribution in [-0.2, 0) is 0 Å². The van der Waals surface area contributed by atoms with Gasteiger partial charge in [0.1, 0.15) is 0 Å². The fourth-order valence-corrected chi connectivity index (χ4v) is 2.44. The van der Waals surface area contributed by atoms with Gasteiger partial charge in [-0.2, -0.15) is 5.26 Å². The smallest absolute Gasteiger partial charge is 0.0662 e. The third-order valence-electron chi connectivity index (χ3n) is 3.06. The lowest BCUT2D eigenvalue weighted by Crippen LogP contribution is -2.22. The van der Waals surface area contributed by atoms with Crippen LogP contribution in [0.3, 0.4) is 0 Å². The van der Waals surface area contributed by atoms with E-state index in [0.717, 1.165) is 12.3 Å². The van der Waals surface area contributed by atoms with Crippen LogP contribution in [0.15, 0.2) is 12.2 Å². The Balaban J connectivity index is 2.13. The van der Waals surface area contributed by atoms with E-state index >= 15 is 0 Å². The van der Waals surface area contributed by atoms with Crippen LogP contribution in [0.2, 0.25) is 0 Å². The molecule has 0 amide bonds. The van der Waals surface area contributed by atoms with Crippen molar-refractivity contribution in [3.8, 4) is 6.07 Å². The van der Waals surface area contributed by atoms with E-state index in [9.17, 15) is 0 Å². The van der Waals surface area contributed by atoms with Gasteiger partial charge >= 0.3 is 0 Å². The molecule has 58 valence electrons. The van der Waals surface area contributed by atoms with Crippen LogP contribution in [0.1, 0.15) is 25.7 Å². The predicted molar refractivity (Wildman–Crippen MR) is 43.7 cm³/mol. The molecule has 1 saturated carbocycles. The summed E-state index contributed by atoms with van der Waals surface area (Å²) in [6.45, 7) is 0. The fraction of sp³-hybridized carbons (Fsp3) is 0.700. The molecule has 0 aliphatic heterocycles. The van der Waals surface area contributed by atoms with Crippen LogP contribution in [0, 0.1) is 29.1 Å². The van der Waals surface area contributed by atoms with Crippen molar-refractivity contribution >= 4 is 0 Å². The first-order chi connectivity index (χ1) is 5.42. The van der Waals surface area contributed by atoms with Crippen LogP contribution >= 0.6 is 0 Å². The summed E-state index contributed by atoms with van der Waals surface area (Å²) in [4.78, 5) is 0. The third-order valence-corrected chi connectivity index (χ3v) is 3.06. The zero-order valence-corrected chi connectivity index (χ0v) is 6.66. The van der Waals surface area contributed by atoms with Gasteiger partial charge in [0.05, 0.1) is 12.0 Å². The number of nitrogens with zero attached hydrogens (tertiary/aromatic N) is 1. The van der Waals surface area contributed by atoms with Crippen LogP contribution in [-0.4, -0.2) is 0 Å². The Morgan fingerprint density at radius 2 is 2.27 bits per heavy atom. The Morgan fingerprint density at radius 1 is 1.36 bits per heavy atom. The molecule has 2 aliphatic carbocycles. The normalized spacial score (nSPS) is 41.5. The second-order valence-corrected chi connectivity index (χ2v) is 3.67. The van der Waals surface area contributed by atoms with E-state index in [-0.39, 0.29) is 0 Å². The number of hydrogen-bond acceptors (Lipinski definition) is 1. The summed E-state index contributed by atoms with van der Waals surface area (Å²) in [5.41, 5.74) is 0. The van der Waals surface area contributed by atoms with E-state index in [1.165, 1.54) is 19.3 Å². The number of fused-ring (bicyclic) bond motifs is 1. The lowest BCUT2D eigenvalue weighted by molar-refractivity contribution is 0.252. The molecule has 0 aromatic rings. The highest BCUT2D eigenvalue weighted by molar-refractivity contribution is 5.09. The van der Waals surface area contributed by atoms with Crippen molar-refractivity contribution in [1.29, 1.82) is 5.26 Å². The predicted octanol–water partition coefficient (Wildman–Crippen LogP) is 2.50. The van der Waals surface area contributed by atoms with E-state index in [0.29, 0.717) is 11.8 Å². The summed E-state index contributed by atoms with van der Waals surface area (Å²) in [7, 11) is 0. The Bertz CT molecular complexity index is 211. The van der Waals surface area contributed by atoms with Gasteiger partial charge < -0.3 is 0 Å². The van der Waals surface area contributed by atoms with Crippen LogP contribution in [0.4, 0.5) is 0 Å². The molecule has 0 heterocycles. The summed E-state index contributed by atoms with van der Waals surface area (Å²) >= 11 is 0. The number of hydrogen-bond donors (Lipinski definition) is 0. The average molecular weight is 147 g/mol. The zero-order chi connectivity index (χ0) is 7.68. The lowest BCUT2D eigenvalue weighted by Gasteiger charge is -2.28. The topological polar surface area (TPSA) is 23.8 Å². The van der Waals surface area contributed by atoms with Crippen LogP contribution in [0.5, 0.6) is 0 Å². The minimum absolute atomic E-state index is 0.326. The van der Waals surface area contributed by atoms with Gasteiger partial charge in [0.15, 0.2) is 0 Å². The molecule has 3 atom stereocenters. The minimum Gasteiger partial charge on any atom is -0.198 e. The van der Waals surface area contributed by atoms with Gasteiger partial charge in [0, 0.05) is 0 Å². The molecule has 0 saturated heterocycles. The van der Waals surface area contributed by atoms with Crippen LogP contribution in [0.25, 0.3) is 0 Å². The number of nitriles is 1. The third kappa shape index (κ3) is 1.07. The van der Waals surface area contributed by atoms with Gasteiger partial charge in [-0.3, -0.25) is 0 Å². The maximum atomic E-state index is 8.85. The molecule has 0 radical (unpaired) electrons. The molecule has 2 rings (SSSR count). The monoisotopic (exact) mass is 147 g/mol. The zero-order valence-electron chi connectivity index (χ0n) is 6.66. The second-order valence-electron chi connectivity index (χ2n) is 3.67. The molecule has 11 heavy (non-hydrogen) atoms. The summed E-state index contributed by atoms with van der Waals surface area (Å²) in [5, 5.41) is 8.85. The molecule has 3 unspecified atom stereocenters. The summed E-state index contributed by atoms with van der Waals surface area (Å²) < 4.78 is 0. The molecule has 0 N–H and O–H groups in total. The Labute approximate surface area is 67.7 Å². The summed E-state index contributed by atoms with van der Waals surface area (Å²) in [6.07, 6.45) is 9.48. The first-order valence-corrected chi connectivity index (χ1v) is 4.48. The van der Waals surface area contributed by atoms with Crippen molar-refractivity contribution in [2.24, 2.45) is 17.8 Å². The molecule has 0 aromatic carbocycles. The number of allylic oxidation sites excluding steroid dienone is 2. The quantitative estimate of drug-likeness (QED) is 0.483. The molecule has 0 aromatic heterocycles. The molecular weight excluding hydrogens is 134 g/mol. The van der Waals surface area contributed by atoms with Gasteiger partial charge in [-0.25, -0.2) is 0 Å². The van der Waals surface area contributed by atoms with Crippen molar-refractivity contribution in [1.82, 2.24) is 0 Å². The van der Waals surface area contributed by atoms with Crippen LogP contribution < -0.4 is 0 Å². The lowest BCUT2D eigenvalue weighted by atomic mass is 9.74. The van der Waals surface area contributed by atoms with Crippen molar-refractivity contribution in [2.75, 3.05) is 0 Å². The van der Waals surface area contributed by atoms with Crippen molar-refractivity contribution in [3.63, 3.8) is 0 Å². The molecule has 1 nitrogen and oxygen atoms in total. The highest BCUT2D eigenvalue weighted by Gasteiger charge is 2.33.